The minimum atomic E-state index is 0.616. The van der Waals surface area contributed by atoms with Gasteiger partial charge in [-0.05, 0) is 26.7 Å². The van der Waals surface area contributed by atoms with Crippen LogP contribution in [0.1, 0.15) is 47.0 Å². The number of likely N-dealkylation sites (tertiary alicyclic amines) is 1. The quantitative estimate of drug-likeness (QED) is 0.745. The van der Waals surface area contributed by atoms with Gasteiger partial charge in [-0.1, -0.05) is 20.3 Å². The lowest BCUT2D eigenvalue weighted by Gasteiger charge is -2.39. The first-order valence-electron chi connectivity index (χ1n) is 6.10. The van der Waals surface area contributed by atoms with Gasteiger partial charge in [0.2, 0.25) is 0 Å². The Morgan fingerprint density at radius 3 is 2.29 bits per heavy atom. The van der Waals surface area contributed by atoms with Crippen LogP contribution in [0.4, 0.5) is 0 Å². The van der Waals surface area contributed by atoms with Gasteiger partial charge < -0.3 is 5.32 Å². The molecule has 0 aromatic rings. The zero-order valence-electron chi connectivity index (χ0n) is 10.2. The van der Waals surface area contributed by atoms with E-state index in [4.69, 9.17) is 0 Å². The Labute approximate surface area is 89.1 Å². The van der Waals surface area contributed by atoms with Gasteiger partial charge in [0, 0.05) is 31.2 Å². The molecule has 84 valence electrons. The Balaban J connectivity index is 2.26. The van der Waals surface area contributed by atoms with Crippen LogP contribution in [-0.2, 0) is 0 Å². The molecular formula is C12H26N2. The second kappa shape index (κ2) is 5.72. The van der Waals surface area contributed by atoms with Gasteiger partial charge in [0.1, 0.15) is 0 Å². The maximum Gasteiger partial charge on any atom is 0.0113 e. The maximum absolute atomic E-state index is 3.49. The van der Waals surface area contributed by atoms with E-state index < -0.39 is 0 Å². The van der Waals surface area contributed by atoms with Crippen molar-refractivity contribution in [2.24, 2.45) is 0 Å². The van der Waals surface area contributed by atoms with Crippen molar-refractivity contribution in [3.8, 4) is 0 Å². The Morgan fingerprint density at radius 1 is 1.21 bits per heavy atom. The molecule has 0 saturated carbocycles. The third kappa shape index (κ3) is 3.58. The topological polar surface area (TPSA) is 15.3 Å². The first-order chi connectivity index (χ1) is 6.61. The number of rotatable bonds is 4. The highest BCUT2D eigenvalue weighted by Gasteiger charge is 2.23. The van der Waals surface area contributed by atoms with E-state index in [1.807, 2.05) is 0 Å². The smallest absolute Gasteiger partial charge is 0.0113 e. The van der Waals surface area contributed by atoms with Crippen molar-refractivity contribution in [1.82, 2.24) is 10.2 Å². The van der Waals surface area contributed by atoms with E-state index in [1.54, 1.807) is 0 Å². The number of hydrogen-bond donors (Lipinski definition) is 1. The maximum atomic E-state index is 3.49. The average molecular weight is 198 g/mol. The van der Waals surface area contributed by atoms with Crippen molar-refractivity contribution < 1.29 is 0 Å². The molecule has 0 aromatic heterocycles. The second-order valence-electron chi connectivity index (χ2n) is 4.98. The summed E-state index contributed by atoms with van der Waals surface area (Å²) >= 11 is 0. The van der Waals surface area contributed by atoms with Crippen molar-refractivity contribution in [3.05, 3.63) is 0 Å². The molecule has 0 amide bonds. The van der Waals surface area contributed by atoms with Crippen LogP contribution in [-0.4, -0.2) is 36.1 Å². The van der Waals surface area contributed by atoms with Crippen LogP contribution in [0.5, 0.6) is 0 Å². The van der Waals surface area contributed by atoms with Crippen LogP contribution in [0.3, 0.4) is 0 Å². The molecule has 0 unspecified atom stereocenters. The fourth-order valence-electron chi connectivity index (χ4n) is 2.40. The summed E-state index contributed by atoms with van der Waals surface area (Å²) in [6, 6.07) is 2.19. The van der Waals surface area contributed by atoms with Crippen molar-refractivity contribution in [1.29, 1.82) is 0 Å². The average Bonchev–Trinajstić information content (AvgIpc) is 2.09. The summed E-state index contributed by atoms with van der Waals surface area (Å²) < 4.78 is 0. The van der Waals surface area contributed by atoms with Crippen molar-refractivity contribution in [2.75, 3.05) is 13.1 Å². The van der Waals surface area contributed by atoms with Crippen LogP contribution in [0.25, 0.3) is 0 Å². The molecule has 2 atom stereocenters. The Hall–Kier alpha value is -0.0800. The van der Waals surface area contributed by atoms with Gasteiger partial charge in [-0.25, -0.2) is 0 Å². The van der Waals surface area contributed by atoms with Crippen LogP contribution in [0.15, 0.2) is 0 Å². The van der Waals surface area contributed by atoms with Crippen LogP contribution < -0.4 is 5.32 Å². The van der Waals surface area contributed by atoms with Crippen LogP contribution >= 0.6 is 0 Å². The predicted molar refractivity (Wildman–Crippen MR) is 62.6 cm³/mol. The molecule has 1 heterocycles. The summed E-state index contributed by atoms with van der Waals surface area (Å²) in [5, 5.41) is 3.49. The molecule has 1 N–H and O–H groups in total. The van der Waals surface area contributed by atoms with E-state index in [2.05, 4.69) is 37.9 Å². The lowest BCUT2D eigenvalue weighted by Crippen LogP contribution is -2.47. The molecule has 1 rings (SSSR count). The summed E-state index contributed by atoms with van der Waals surface area (Å²) in [6.45, 7) is 11.5. The summed E-state index contributed by atoms with van der Waals surface area (Å²) in [7, 11) is 0. The normalized spacial score (nSPS) is 29.8. The molecule has 1 saturated heterocycles. The van der Waals surface area contributed by atoms with Gasteiger partial charge in [-0.3, -0.25) is 4.90 Å². The molecule has 0 bridgehead atoms. The Bertz CT molecular complexity index is 146. The SMILES string of the molecule is CC(C)NCCN1[C@H](C)CCC[C@@H]1C. The third-order valence-corrected chi connectivity index (χ3v) is 3.30. The summed E-state index contributed by atoms with van der Waals surface area (Å²) in [6.07, 6.45) is 4.18. The van der Waals surface area contributed by atoms with E-state index in [9.17, 15) is 0 Å². The van der Waals surface area contributed by atoms with Crippen LogP contribution in [0, 0.1) is 0 Å². The van der Waals surface area contributed by atoms with E-state index in [0.29, 0.717) is 6.04 Å². The van der Waals surface area contributed by atoms with Crippen molar-refractivity contribution in [3.63, 3.8) is 0 Å². The van der Waals surface area contributed by atoms with Crippen molar-refractivity contribution >= 4 is 0 Å². The summed E-state index contributed by atoms with van der Waals surface area (Å²) in [5.41, 5.74) is 0. The minimum absolute atomic E-state index is 0.616. The molecule has 2 nitrogen and oxygen atoms in total. The molecule has 0 radical (unpaired) electrons. The van der Waals surface area contributed by atoms with E-state index >= 15 is 0 Å². The lowest BCUT2D eigenvalue weighted by molar-refractivity contribution is 0.104. The number of hydrogen-bond acceptors (Lipinski definition) is 2. The predicted octanol–water partition coefficient (Wildman–Crippen LogP) is 2.25. The molecule has 1 aliphatic rings. The fraction of sp³-hybridized carbons (Fsp3) is 1.00. The van der Waals surface area contributed by atoms with E-state index in [0.717, 1.165) is 18.6 Å². The van der Waals surface area contributed by atoms with Crippen LogP contribution in [0.2, 0.25) is 0 Å². The summed E-state index contributed by atoms with van der Waals surface area (Å²) in [5.74, 6) is 0. The largest absolute Gasteiger partial charge is 0.313 e. The van der Waals surface area contributed by atoms with Gasteiger partial charge in [0.25, 0.3) is 0 Å². The number of nitrogens with one attached hydrogen (secondary N) is 1. The highest BCUT2D eigenvalue weighted by atomic mass is 15.2. The highest BCUT2D eigenvalue weighted by Crippen LogP contribution is 2.21. The fourth-order valence-corrected chi connectivity index (χ4v) is 2.40. The lowest BCUT2D eigenvalue weighted by atomic mass is 9.98. The zero-order chi connectivity index (χ0) is 10.6. The monoisotopic (exact) mass is 198 g/mol. The molecule has 1 aliphatic heterocycles. The molecule has 0 spiro atoms. The molecular weight excluding hydrogens is 172 g/mol. The first-order valence-corrected chi connectivity index (χ1v) is 6.10. The minimum Gasteiger partial charge on any atom is -0.313 e. The number of nitrogens with zero attached hydrogens (tertiary/aromatic N) is 1. The van der Waals surface area contributed by atoms with Gasteiger partial charge in [-0.15, -0.1) is 0 Å². The van der Waals surface area contributed by atoms with Gasteiger partial charge in [0.05, 0.1) is 0 Å². The summed E-state index contributed by atoms with van der Waals surface area (Å²) in [4.78, 5) is 2.65. The second-order valence-corrected chi connectivity index (χ2v) is 4.98. The molecule has 0 aliphatic carbocycles. The molecule has 1 fully saturated rings. The third-order valence-electron chi connectivity index (χ3n) is 3.30. The Morgan fingerprint density at radius 2 is 1.79 bits per heavy atom. The Kier molecular flexibility index (Phi) is 4.90. The standard InChI is InChI=1S/C12H26N2/c1-10(2)13-8-9-14-11(3)6-5-7-12(14)4/h10-13H,5-9H2,1-4H3/t11-,12+. The van der Waals surface area contributed by atoms with Gasteiger partial charge >= 0.3 is 0 Å². The first kappa shape index (κ1) is 12.0. The highest BCUT2D eigenvalue weighted by molar-refractivity contribution is 4.79. The zero-order valence-corrected chi connectivity index (χ0v) is 10.2. The molecule has 0 aromatic carbocycles. The van der Waals surface area contributed by atoms with E-state index in [1.165, 1.54) is 25.8 Å². The van der Waals surface area contributed by atoms with Gasteiger partial charge in [0.15, 0.2) is 0 Å². The number of piperidine rings is 1. The van der Waals surface area contributed by atoms with Crippen molar-refractivity contribution in [2.45, 2.75) is 65.1 Å². The molecule has 2 heteroatoms. The van der Waals surface area contributed by atoms with E-state index in [-0.39, 0.29) is 0 Å². The van der Waals surface area contributed by atoms with Gasteiger partial charge in [-0.2, -0.15) is 0 Å². The molecule has 14 heavy (non-hydrogen) atoms.